The van der Waals surface area contributed by atoms with Crippen LogP contribution in [0.1, 0.15) is 19.4 Å². The second-order valence-electron chi connectivity index (χ2n) is 4.88. The van der Waals surface area contributed by atoms with E-state index in [4.69, 9.17) is 24.1 Å². The normalized spacial score (nSPS) is 15.2. The van der Waals surface area contributed by atoms with Gasteiger partial charge in [-0.1, -0.05) is 10.3 Å². The first kappa shape index (κ1) is 11.7. The van der Waals surface area contributed by atoms with Crippen molar-refractivity contribution in [3.63, 3.8) is 0 Å². The van der Waals surface area contributed by atoms with E-state index in [0.717, 1.165) is 0 Å². The van der Waals surface area contributed by atoms with Gasteiger partial charge in [0.25, 0.3) is 0 Å². The first-order valence-electron chi connectivity index (χ1n) is 10.4. The average Bonchev–Trinajstić information content (AvgIpc) is 3.23. The molecule has 138 valence electrons. The predicted octanol–water partition coefficient (Wildman–Crippen LogP) is 1.94. The highest BCUT2D eigenvalue weighted by Crippen LogP contribution is 2.26. The molecule has 0 saturated carbocycles. The summed E-state index contributed by atoms with van der Waals surface area (Å²) >= 11 is 0. The smallest absolute Gasteiger partial charge is 0.171 e. The Morgan fingerprint density at radius 1 is 0.889 bits per heavy atom. The molecule has 3 heterocycles. The first-order chi connectivity index (χ1) is 15.6. The number of amidine groups is 2. The molecule has 0 saturated heterocycles. The lowest BCUT2D eigenvalue weighted by Gasteiger charge is -2.02. The Bertz CT molecular complexity index is 1200. The number of pyridine rings is 2. The van der Waals surface area contributed by atoms with Crippen molar-refractivity contribution < 1.29 is 22.3 Å². The molecule has 3 aromatic heterocycles. The van der Waals surface area contributed by atoms with Crippen LogP contribution < -0.4 is 11.5 Å². The van der Waals surface area contributed by atoms with Crippen LogP contribution in [0.15, 0.2) is 63.4 Å². The highest BCUT2D eigenvalue weighted by molar-refractivity contribution is 5.97. The lowest BCUT2D eigenvalue weighted by molar-refractivity contribution is 0.213. The van der Waals surface area contributed by atoms with Gasteiger partial charge < -0.3 is 25.6 Å². The van der Waals surface area contributed by atoms with Crippen LogP contribution in [0.25, 0.3) is 22.9 Å². The summed E-state index contributed by atoms with van der Waals surface area (Å²) in [5.41, 5.74) is 10.8. The fourth-order valence-corrected chi connectivity index (χ4v) is 1.94. The Hall–Kier alpha value is -3.88. The minimum absolute atomic E-state index is 0.00889. The third-order valence-corrected chi connectivity index (χ3v) is 3.14. The van der Waals surface area contributed by atoms with E-state index in [-0.39, 0.29) is 57.8 Å². The maximum atomic E-state index is 8.24. The second kappa shape index (κ2) is 8.00. The van der Waals surface area contributed by atoms with E-state index in [2.05, 4.69) is 30.0 Å². The van der Waals surface area contributed by atoms with Crippen molar-refractivity contribution in [3.05, 3.63) is 59.8 Å². The number of rotatable bonds is 6. The van der Waals surface area contributed by atoms with Crippen molar-refractivity contribution in [2.24, 2.45) is 21.8 Å². The highest BCUT2D eigenvalue weighted by atomic mass is 16.6. The molecule has 0 unspecified atom stereocenters. The number of hydrogen-bond acceptors (Lipinski definition) is 7. The standard InChI is InChI=1S/C18H18N6O3/c1-25-23-17(19)11-3-5-13(21-9-11)15-7-8-16(27-15)14-6-4-12(10-22-14)18(20)24-26-2/h3-10H,1-2H3,(H2,19,23)(H2,20,24)/i3D,4D,5D,6D,9D,10D. The van der Waals surface area contributed by atoms with Gasteiger partial charge in [0.1, 0.15) is 25.6 Å². The van der Waals surface area contributed by atoms with E-state index in [1.54, 1.807) is 0 Å². The molecule has 0 aromatic carbocycles. The largest absolute Gasteiger partial charge is 0.453 e. The summed E-state index contributed by atoms with van der Waals surface area (Å²) in [6, 6.07) is 1.25. The summed E-state index contributed by atoms with van der Waals surface area (Å²) < 4.78 is 54.6. The van der Waals surface area contributed by atoms with Crippen LogP contribution in [0, 0.1) is 0 Å². The first-order valence-corrected chi connectivity index (χ1v) is 7.42. The number of aromatic nitrogens is 2. The molecule has 0 atom stereocenters. The van der Waals surface area contributed by atoms with E-state index in [1.807, 2.05) is 0 Å². The Kier molecular flexibility index (Phi) is 3.46. The quantitative estimate of drug-likeness (QED) is 0.383. The van der Waals surface area contributed by atoms with E-state index in [1.165, 1.54) is 26.4 Å². The lowest BCUT2D eigenvalue weighted by Crippen LogP contribution is -2.13. The van der Waals surface area contributed by atoms with Crippen LogP contribution in [0.5, 0.6) is 0 Å². The second-order valence-corrected chi connectivity index (χ2v) is 4.88. The zero-order valence-corrected chi connectivity index (χ0v) is 14.3. The number of oxime groups is 2. The van der Waals surface area contributed by atoms with Crippen LogP contribution in [0.3, 0.4) is 0 Å². The summed E-state index contributed by atoms with van der Waals surface area (Å²) in [6.07, 6.45) is -0.832. The topological polar surface area (TPSA) is 134 Å². The van der Waals surface area contributed by atoms with Gasteiger partial charge in [0, 0.05) is 23.5 Å². The molecule has 4 N–H and O–H groups in total. The van der Waals surface area contributed by atoms with Gasteiger partial charge in [-0.15, -0.1) is 0 Å². The summed E-state index contributed by atoms with van der Waals surface area (Å²) in [5, 5.41) is 6.96. The van der Waals surface area contributed by atoms with E-state index in [9.17, 15) is 0 Å². The number of hydrogen-bond donors (Lipinski definition) is 2. The van der Waals surface area contributed by atoms with Crippen LogP contribution in [-0.2, 0) is 9.68 Å². The lowest BCUT2D eigenvalue weighted by atomic mass is 10.2. The van der Waals surface area contributed by atoms with E-state index < -0.39 is 24.4 Å². The fourth-order valence-electron chi connectivity index (χ4n) is 1.94. The van der Waals surface area contributed by atoms with Crippen LogP contribution in [0.2, 0.25) is 0 Å². The fraction of sp³-hybridized carbons (Fsp3) is 0.111. The van der Waals surface area contributed by atoms with Crippen molar-refractivity contribution >= 4 is 11.7 Å². The van der Waals surface area contributed by atoms with Gasteiger partial charge in [0.15, 0.2) is 23.2 Å². The van der Waals surface area contributed by atoms with Gasteiger partial charge in [-0.25, -0.2) is 0 Å². The van der Waals surface area contributed by atoms with Crippen molar-refractivity contribution in [2.75, 3.05) is 14.2 Å². The average molecular weight is 372 g/mol. The van der Waals surface area contributed by atoms with Crippen molar-refractivity contribution in [2.45, 2.75) is 0 Å². The van der Waals surface area contributed by atoms with Gasteiger partial charge in [-0.2, -0.15) is 0 Å². The molecule has 27 heavy (non-hydrogen) atoms. The minimum atomic E-state index is -0.416. The Balaban J connectivity index is 2.11. The SMILES string of the molecule is [2H]c1nc(-c2ccc(-c3nc([2H])c(/C(N)=N\OC)c([2H])c3[2H])o2)c([2H])c([2H])c1/C(N)=N\OC. The summed E-state index contributed by atoms with van der Waals surface area (Å²) in [7, 11) is 2.50. The number of nitrogens with zero attached hydrogens (tertiary/aromatic N) is 4. The third kappa shape index (κ3) is 4.03. The number of furan rings is 1. The van der Waals surface area contributed by atoms with Gasteiger partial charge in [0.05, 0.1) is 8.22 Å². The van der Waals surface area contributed by atoms with Gasteiger partial charge in [-0.05, 0) is 36.3 Å². The molecule has 0 spiro atoms. The van der Waals surface area contributed by atoms with Crippen molar-refractivity contribution in [1.82, 2.24) is 9.97 Å². The molecule has 0 bridgehead atoms. The molecule has 3 aromatic rings. The number of nitrogens with two attached hydrogens (primary N) is 2. The van der Waals surface area contributed by atoms with E-state index in [0.29, 0.717) is 0 Å². The molecule has 0 aliphatic rings. The maximum Gasteiger partial charge on any atom is 0.171 e. The summed E-state index contributed by atoms with van der Waals surface area (Å²) in [6.45, 7) is 0. The van der Waals surface area contributed by atoms with Crippen molar-refractivity contribution in [1.29, 1.82) is 0 Å². The molecular formula is C18H18N6O3. The summed E-state index contributed by atoms with van der Waals surface area (Å²) in [4.78, 5) is 17.1. The van der Waals surface area contributed by atoms with Crippen LogP contribution in [0.4, 0.5) is 0 Å². The molecule has 0 aliphatic carbocycles. The predicted molar refractivity (Wildman–Crippen MR) is 101 cm³/mol. The maximum absolute atomic E-state index is 8.24. The zero-order valence-electron chi connectivity index (χ0n) is 20.3. The van der Waals surface area contributed by atoms with Gasteiger partial charge >= 0.3 is 0 Å². The molecule has 0 amide bonds. The van der Waals surface area contributed by atoms with Gasteiger partial charge in [0.2, 0.25) is 0 Å². The molecule has 9 heteroatoms. The Morgan fingerprint density at radius 3 is 1.74 bits per heavy atom. The molecule has 9 nitrogen and oxygen atoms in total. The van der Waals surface area contributed by atoms with Crippen molar-refractivity contribution in [3.8, 4) is 22.9 Å². The third-order valence-electron chi connectivity index (χ3n) is 3.14. The molecule has 0 aliphatic heterocycles. The van der Waals surface area contributed by atoms with Crippen LogP contribution in [-0.4, -0.2) is 35.9 Å². The molecule has 0 fully saturated rings. The highest BCUT2D eigenvalue weighted by Gasteiger charge is 2.10. The summed E-state index contributed by atoms with van der Waals surface area (Å²) in [5.74, 6) is -0.527. The molecular weight excluding hydrogens is 348 g/mol. The van der Waals surface area contributed by atoms with Crippen LogP contribution >= 0.6 is 0 Å². The minimum Gasteiger partial charge on any atom is -0.453 e. The van der Waals surface area contributed by atoms with Gasteiger partial charge in [-0.3, -0.25) is 9.97 Å². The molecule has 3 rings (SSSR count). The molecule has 0 radical (unpaired) electrons. The monoisotopic (exact) mass is 372 g/mol. The Morgan fingerprint density at radius 2 is 1.33 bits per heavy atom. The zero-order chi connectivity index (χ0) is 24.4. The Labute approximate surface area is 163 Å². The van der Waals surface area contributed by atoms with E-state index >= 15 is 0 Å².